The highest BCUT2D eigenvalue weighted by Crippen LogP contribution is 2.43. The van der Waals surface area contributed by atoms with Gasteiger partial charge in [-0.1, -0.05) is 25.7 Å². The average Bonchev–Trinajstić information content (AvgIpc) is 2.94. The van der Waals surface area contributed by atoms with Gasteiger partial charge < -0.3 is 15.7 Å². The minimum Gasteiger partial charge on any atom is -0.480 e. The van der Waals surface area contributed by atoms with Gasteiger partial charge in [-0.25, -0.2) is 4.79 Å². The van der Waals surface area contributed by atoms with Gasteiger partial charge in [0.25, 0.3) is 0 Å². The van der Waals surface area contributed by atoms with E-state index in [2.05, 4.69) is 0 Å². The van der Waals surface area contributed by atoms with E-state index in [1.54, 1.807) is 4.90 Å². The van der Waals surface area contributed by atoms with Crippen LogP contribution in [0.15, 0.2) is 0 Å². The second-order valence-electron chi connectivity index (χ2n) is 7.04. The van der Waals surface area contributed by atoms with Gasteiger partial charge in [-0.2, -0.15) is 0 Å². The van der Waals surface area contributed by atoms with E-state index in [0.29, 0.717) is 12.5 Å². The maximum atomic E-state index is 12.9. The van der Waals surface area contributed by atoms with Gasteiger partial charge in [0.2, 0.25) is 5.91 Å². The number of carboxylic acids is 1. The Balaban J connectivity index is 1.78. The molecule has 3 fully saturated rings. The van der Waals surface area contributed by atoms with Crippen molar-refractivity contribution in [3.63, 3.8) is 0 Å². The van der Waals surface area contributed by atoms with E-state index in [-0.39, 0.29) is 23.8 Å². The van der Waals surface area contributed by atoms with E-state index < -0.39 is 12.0 Å². The van der Waals surface area contributed by atoms with Crippen molar-refractivity contribution < 1.29 is 14.7 Å². The molecule has 2 saturated carbocycles. The predicted octanol–water partition coefficient (Wildman–Crippen LogP) is 1.61. The van der Waals surface area contributed by atoms with Crippen LogP contribution in [0.1, 0.15) is 51.4 Å². The quantitative estimate of drug-likeness (QED) is 0.758. The van der Waals surface area contributed by atoms with E-state index in [9.17, 15) is 14.7 Å². The molecule has 0 aromatic rings. The first kappa shape index (κ1) is 14.8. The van der Waals surface area contributed by atoms with Crippen LogP contribution >= 0.6 is 0 Å². The van der Waals surface area contributed by atoms with Crippen molar-refractivity contribution in [1.29, 1.82) is 0 Å². The summed E-state index contributed by atoms with van der Waals surface area (Å²) in [5.74, 6) is -0.454. The minimum atomic E-state index is -0.833. The van der Waals surface area contributed by atoms with E-state index in [1.165, 1.54) is 0 Å². The molecule has 3 N–H and O–H groups in total. The van der Waals surface area contributed by atoms with Crippen LogP contribution in [0.2, 0.25) is 0 Å². The van der Waals surface area contributed by atoms with Gasteiger partial charge in [0.05, 0.1) is 5.92 Å². The lowest BCUT2D eigenvalue weighted by molar-refractivity contribution is -0.151. The van der Waals surface area contributed by atoms with Crippen LogP contribution < -0.4 is 5.73 Å². The molecule has 1 aliphatic heterocycles. The summed E-state index contributed by atoms with van der Waals surface area (Å²) in [6.07, 6.45) is 8.06. The molecule has 0 bridgehead atoms. The number of carbonyl (C=O) groups is 2. The summed E-state index contributed by atoms with van der Waals surface area (Å²) in [5, 5.41) is 9.57. The molecule has 1 saturated heterocycles. The molecule has 1 heterocycles. The Hall–Kier alpha value is -1.10. The molecule has 5 unspecified atom stereocenters. The smallest absolute Gasteiger partial charge is 0.326 e. The Labute approximate surface area is 125 Å². The van der Waals surface area contributed by atoms with Crippen molar-refractivity contribution in [2.45, 2.75) is 63.5 Å². The molecular weight excluding hydrogens is 268 g/mol. The van der Waals surface area contributed by atoms with Gasteiger partial charge in [-0.3, -0.25) is 4.79 Å². The zero-order chi connectivity index (χ0) is 15.0. The lowest BCUT2D eigenvalue weighted by atomic mass is 9.92. The summed E-state index contributed by atoms with van der Waals surface area (Å²) in [6.45, 7) is 0.629. The standard InChI is InChI=1S/C16H26N2O3/c17-13-8-3-1-2-6-12(13)15(19)18-9-10-5-4-7-11(10)14(18)16(20)21/h10-14H,1-9,17H2,(H,20,21). The van der Waals surface area contributed by atoms with Crippen LogP contribution in [-0.4, -0.2) is 40.5 Å². The fourth-order valence-electron chi connectivity index (χ4n) is 4.70. The van der Waals surface area contributed by atoms with Crippen LogP contribution in [0.25, 0.3) is 0 Å². The molecule has 5 heteroatoms. The first-order chi connectivity index (χ1) is 10.1. The van der Waals surface area contributed by atoms with Crippen LogP contribution in [0.3, 0.4) is 0 Å². The number of likely N-dealkylation sites (tertiary alicyclic amines) is 1. The van der Waals surface area contributed by atoms with E-state index in [4.69, 9.17) is 5.73 Å². The third-order valence-corrected chi connectivity index (χ3v) is 5.81. The lowest BCUT2D eigenvalue weighted by Gasteiger charge is -2.30. The number of nitrogens with two attached hydrogens (primary N) is 1. The zero-order valence-electron chi connectivity index (χ0n) is 12.5. The molecule has 118 valence electrons. The Morgan fingerprint density at radius 3 is 2.52 bits per heavy atom. The summed E-state index contributed by atoms with van der Waals surface area (Å²) >= 11 is 0. The molecule has 3 rings (SSSR count). The number of carboxylic acid groups (broad SMARTS) is 1. The number of hydrogen-bond acceptors (Lipinski definition) is 3. The van der Waals surface area contributed by atoms with Gasteiger partial charge >= 0.3 is 5.97 Å². The van der Waals surface area contributed by atoms with E-state index in [1.807, 2.05) is 0 Å². The van der Waals surface area contributed by atoms with Crippen LogP contribution in [0.5, 0.6) is 0 Å². The van der Waals surface area contributed by atoms with Crippen LogP contribution in [0, 0.1) is 17.8 Å². The van der Waals surface area contributed by atoms with Gasteiger partial charge in [-0.05, 0) is 37.5 Å². The van der Waals surface area contributed by atoms with Crippen molar-refractivity contribution in [1.82, 2.24) is 4.90 Å². The molecule has 5 nitrogen and oxygen atoms in total. The second kappa shape index (κ2) is 5.95. The summed E-state index contributed by atoms with van der Waals surface area (Å²) in [5.41, 5.74) is 6.19. The second-order valence-corrected chi connectivity index (χ2v) is 7.04. The number of amides is 1. The Morgan fingerprint density at radius 2 is 1.76 bits per heavy atom. The van der Waals surface area contributed by atoms with Crippen molar-refractivity contribution >= 4 is 11.9 Å². The number of aliphatic carboxylic acids is 1. The maximum Gasteiger partial charge on any atom is 0.326 e. The number of hydrogen-bond donors (Lipinski definition) is 2. The molecule has 21 heavy (non-hydrogen) atoms. The molecule has 0 radical (unpaired) electrons. The van der Waals surface area contributed by atoms with Gasteiger partial charge in [-0.15, -0.1) is 0 Å². The summed E-state index contributed by atoms with van der Waals surface area (Å²) in [4.78, 5) is 26.2. The minimum absolute atomic E-state index is 0.00574. The fraction of sp³-hybridized carbons (Fsp3) is 0.875. The normalized spacial score (nSPS) is 39.9. The van der Waals surface area contributed by atoms with Crippen molar-refractivity contribution in [2.24, 2.45) is 23.5 Å². The van der Waals surface area contributed by atoms with Gasteiger partial charge in [0.1, 0.15) is 6.04 Å². The zero-order valence-corrected chi connectivity index (χ0v) is 12.5. The Morgan fingerprint density at radius 1 is 1.00 bits per heavy atom. The van der Waals surface area contributed by atoms with Crippen molar-refractivity contribution in [3.8, 4) is 0 Å². The lowest BCUT2D eigenvalue weighted by Crippen LogP contribution is -2.49. The monoisotopic (exact) mass is 294 g/mol. The van der Waals surface area contributed by atoms with E-state index in [0.717, 1.165) is 51.4 Å². The number of carbonyl (C=O) groups excluding carboxylic acids is 1. The SMILES string of the molecule is NC1CCCCCC1C(=O)N1CC2CCCC2C1C(=O)O. The first-order valence-corrected chi connectivity index (χ1v) is 8.38. The number of fused-ring (bicyclic) bond motifs is 1. The topological polar surface area (TPSA) is 83.6 Å². The third-order valence-electron chi connectivity index (χ3n) is 5.81. The maximum absolute atomic E-state index is 12.9. The first-order valence-electron chi connectivity index (χ1n) is 8.38. The molecule has 0 aromatic heterocycles. The van der Waals surface area contributed by atoms with Crippen LogP contribution in [0.4, 0.5) is 0 Å². The molecule has 3 aliphatic rings. The highest BCUT2D eigenvalue weighted by molar-refractivity contribution is 5.86. The molecule has 0 spiro atoms. The van der Waals surface area contributed by atoms with Crippen LogP contribution in [-0.2, 0) is 9.59 Å². The van der Waals surface area contributed by atoms with Crippen molar-refractivity contribution in [3.05, 3.63) is 0 Å². The molecule has 0 aromatic carbocycles. The summed E-state index contributed by atoms with van der Waals surface area (Å²) in [7, 11) is 0. The molecular formula is C16H26N2O3. The molecule has 5 atom stereocenters. The predicted molar refractivity (Wildman–Crippen MR) is 78.5 cm³/mol. The Bertz CT molecular complexity index is 426. The summed E-state index contributed by atoms with van der Waals surface area (Å²) < 4.78 is 0. The van der Waals surface area contributed by atoms with E-state index >= 15 is 0 Å². The summed E-state index contributed by atoms with van der Waals surface area (Å²) in [6, 6.07) is -0.713. The highest BCUT2D eigenvalue weighted by Gasteiger charge is 2.50. The average molecular weight is 294 g/mol. The fourth-order valence-corrected chi connectivity index (χ4v) is 4.70. The van der Waals surface area contributed by atoms with Gasteiger partial charge in [0, 0.05) is 12.6 Å². The van der Waals surface area contributed by atoms with Crippen molar-refractivity contribution in [2.75, 3.05) is 6.54 Å². The number of nitrogens with zero attached hydrogens (tertiary/aromatic N) is 1. The molecule has 1 amide bonds. The Kier molecular flexibility index (Phi) is 4.20. The van der Waals surface area contributed by atoms with Gasteiger partial charge in [0.15, 0.2) is 0 Å². The third kappa shape index (κ3) is 2.68. The number of rotatable bonds is 2. The highest BCUT2D eigenvalue weighted by atomic mass is 16.4. The largest absolute Gasteiger partial charge is 0.480 e. The molecule has 2 aliphatic carbocycles.